The molecule has 5 heteroatoms. The third-order valence-electron chi connectivity index (χ3n) is 6.22. The molecule has 160 valence electrons. The van der Waals surface area contributed by atoms with Crippen LogP contribution in [0, 0.1) is 17.7 Å². The number of likely N-dealkylation sites (tertiary alicyclic amines) is 1. The molecule has 0 bridgehead atoms. The maximum atomic E-state index is 13.5. The number of halogens is 1. The SMILES string of the molecule is O=C(NC1CCCC1)[C@@H]1C[C@H](COc2cccc(F)c2)CN(Cc2ccccc2)C1. The third kappa shape index (κ3) is 5.82. The number of rotatable bonds is 7. The van der Waals surface area contributed by atoms with Gasteiger partial charge in [0, 0.05) is 37.7 Å². The molecule has 2 fully saturated rings. The van der Waals surface area contributed by atoms with E-state index in [0.29, 0.717) is 18.4 Å². The van der Waals surface area contributed by atoms with Crippen LogP contribution in [-0.4, -0.2) is 36.5 Å². The Morgan fingerprint density at radius 3 is 2.63 bits per heavy atom. The molecule has 0 aromatic heterocycles. The van der Waals surface area contributed by atoms with E-state index in [1.54, 1.807) is 12.1 Å². The van der Waals surface area contributed by atoms with Crippen LogP contribution in [0.1, 0.15) is 37.7 Å². The van der Waals surface area contributed by atoms with Crippen LogP contribution in [0.25, 0.3) is 0 Å². The molecule has 2 aromatic carbocycles. The predicted octanol–water partition coefficient (Wildman–Crippen LogP) is 4.40. The van der Waals surface area contributed by atoms with Crippen molar-refractivity contribution in [2.24, 2.45) is 11.8 Å². The summed E-state index contributed by atoms with van der Waals surface area (Å²) in [5.74, 6) is 0.613. The van der Waals surface area contributed by atoms with Gasteiger partial charge in [0.1, 0.15) is 11.6 Å². The molecule has 2 aliphatic rings. The number of piperidine rings is 1. The predicted molar refractivity (Wildman–Crippen MR) is 116 cm³/mol. The number of hydrogen-bond acceptors (Lipinski definition) is 3. The quantitative estimate of drug-likeness (QED) is 0.736. The van der Waals surface area contributed by atoms with Gasteiger partial charge in [-0.1, -0.05) is 49.2 Å². The Morgan fingerprint density at radius 1 is 1.07 bits per heavy atom. The molecular weight excluding hydrogens is 379 g/mol. The molecule has 30 heavy (non-hydrogen) atoms. The molecule has 4 nitrogen and oxygen atoms in total. The lowest BCUT2D eigenvalue weighted by Crippen LogP contribution is -2.48. The average Bonchev–Trinajstić information content (AvgIpc) is 3.26. The highest BCUT2D eigenvalue weighted by Gasteiger charge is 2.33. The molecule has 1 amide bonds. The lowest BCUT2D eigenvalue weighted by atomic mass is 9.88. The van der Waals surface area contributed by atoms with E-state index in [0.717, 1.165) is 38.9 Å². The Balaban J connectivity index is 1.40. The van der Waals surface area contributed by atoms with Crippen molar-refractivity contribution in [3.8, 4) is 5.75 Å². The fourth-order valence-electron chi connectivity index (χ4n) is 4.74. The summed E-state index contributed by atoms with van der Waals surface area (Å²) >= 11 is 0. The molecule has 0 spiro atoms. The Morgan fingerprint density at radius 2 is 1.87 bits per heavy atom. The Hall–Kier alpha value is -2.40. The summed E-state index contributed by atoms with van der Waals surface area (Å²) in [4.78, 5) is 15.3. The van der Waals surface area contributed by atoms with E-state index < -0.39 is 0 Å². The monoisotopic (exact) mass is 410 g/mol. The molecule has 0 unspecified atom stereocenters. The van der Waals surface area contributed by atoms with Gasteiger partial charge in [0.05, 0.1) is 12.5 Å². The molecular formula is C25H31FN2O2. The first kappa shape index (κ1) is 20.9. The standard InChI is InChI=1S/C25H31FN2O2/c26-22-9-6-12-24(14-22)30-18-20-13-21(25(29)27-23-10-4-5-11-23)17-28(16-20)15-19-7-2-1-3-8-19/h1-3,6-9,12,14,20-21,23H,4-5,10-11,13,15-18H2,(H,27,29)/t20-,21+/m0/s1. The number of amides is 1. The van der Waals surface area contributed by atoms with Crippen molar-refractivity contribution in [3.63, 3.8) is 0 Å². The Bertz CT molecular complexity index is 823. The van der Waals surface area contributed by atoms with E-state index in [-0.39, 0.29) is 23.6 Å². The normalized spacial score (nSPS) is 22.7. The van der Waals surface area contributed by atoms with Gasteiger partial charge in [-0.15, -0.1) is 0 Å². The zero-order valence-electron chi connectivity index (χ0n) is 17.4. The summed E-state index contributed by atoms with van der Waals surface area (Å²) in [5.41, 5.74) is 1.25. The van der Waals surface area contributed by atoms with Crippen molar-refractivity contribution < 1.29 is 13.9 Å². The lowest BCUT2D eigenvalue weighted by molar-refractivity contribution is -0.128. The van der Waals surface area contributed by atoms with Gasteiger partial charge in [0.2, 0.25) is 5.91 Å². The van der Waals surface area contributed by atoms with Crippen molar-refractivity contribution >= 4 is 5.91 Å². The van der Waals surface area contributed by atoms with Crippen molar-refractivity contribution in [1.29, 1.82) is 0 Å². The van der Waals surface area contributed by atoms with Crippen LogP contribution in [0.3, 0.4) is 0 Å². The number of ether oxygens (including phenoxy) is 1. The van der Waals surface area contributed by atoms with Crippen molar-refractivity contribution in [1.82, 2.24) is 10.2 Å². The molecule has 0 radical (unpaired) electrons. The molecule has 1 aliphatic heterocycles. The number of carbonyl (C=O) groups excluding carboxylic acids is 1. The molecule has 4 rings (SSSR count). The van der Waals surface area contributed by atoms with Crippen LogP contribution in [0.4, 0.5) is 4.39 Å². The van der Waals surface area contributed by atoms with Crippen molar-refractivity contribution in [3.05, 3.63) is 66.0 Å². The number of nitrogens with one attached hydrogen (secondary N) is 1. The molecule has 1 aliphatic carbocycles. The largest absolute Gasteiger partial charge is 0.493 e. The fourth-order valence-corrected chi connectivity index (χ4v) is 4.74. The summed E-state index contributed by atoms with van der Waals surface area (Å²) in [6.07, 6.45) is 5.41. The first-order valence-electron chi connectivity index (χ1n) is 11.1. The smallest absolute Gasteiger partial charge is 0.224 e. The van der Waals surface area contributed by atoms with Crippen LogP contribution in [0.5, 0.6) is 5.75 Å². The van der Waals surface area contributed by atoms with Crippen molar-refractivity contribution in [2.45, 2.75) is 44.7 Å². The van der Waals surface area contributed by atoms with E-state index in [4.69, 9.17) is 4.74 Å². The molecule has 1 heterocycles. The zero-order valence-corrected chi connectivity index (χ0v) is 17.4. The van der Waals surface area contributed by atoms with Crippen LogP contribution < -0.4 is 10.1 Å². The van der Waals surface area contributed by atoms with Gasteiger partial charge in [-0.05, 0) is 37.0 Å². The first-order valence-corrected chi connectivity index (χ1v) is 11.1. The summed E-state index contributed by atoms with van der Waals surface area (Å²) in [6.45, 7) is 2.95. The van der Waals surface area contributed by atoms with E-state index in [2.05, 4.69) is 22.3 Å². The highest BCUT2D eigenvalue weighted by molar-refractivity contribution is 5.79. The highest BCUT2D eigenvalue weighted by Crippen LogP contribution is 2.26. The first-order chi connectivity index (χ1) is 14.7. The van der Waals surface area contributed by atoms with E-state index in [1.165, 1.54) is 30.5 Å². The number of nitrogens with zero attached hydrogens (tertiary/aromatic N) is 1. The number of carbonyl (C=O) groups is 1. The van der Waals surface area contributed by atoms with E-state index in [9.17, 15) is 9.18 Å². The Kier molecular flexibility index (Phi) is 7.00. The summed E-state index contributed by atoms with van der Waals surface area (Å²) in [5, 5.41) is 3.28. The second-order valence-corrected chi connectivity index (χ2v) is 8.74. The van der Waals surface area contributed by atoms with Crippen LogP contribution in [0.15, 0.2) is 54.6 Å². The molecule has 2 aromatic rings. The summed E-state index contributed by atoms with van der Waals surface area (Å²) < 4.78 is 19.3. The number of benzene rings is 2. The zero-order chi connectivity index (χ0) is 20.8. The number of hydrogen-bond donors (Lipinski definition) is 1. The van der Waals surface area contributed by atoms with Gasteiger partial charge < -0.3 is 10.1 Å². The van der Waals surface area contributed by atoms with Crippen LogP contribution in [0.2, 0.25) is 0 Å². The van der Waals surface area contributed by atoms with Gasteiger partial charge in [-0.2, -0.15) is 0 Å². The van der Waals surface area contributed by atoms with Crippen LogP contribution >= 0.6 is 0 Å². The minimum atomic E-state index is -0.296. The van der Waals surface area contributed by atoms with Crippen molar-refractivity contribution in [2.75, 3.05) is 19.7 Å². The van der Waals surface area contributed by atoms with Crippen LogP contribution in [-0.2, 0) is 11.3 Å². The summed E-state index contributed by atoms with van der Waals surface area (Å²) in [6, 6.07) is 17.0. The third-order valence-corrected chi connectivity index (χ3v) is 6.22. The Labute approximate surface area is 178 Å². The molecule has 2 atom stereocenters. The molecule has 1 saturated carbocycles. The summed E-state index contributed by atoms with van der Waals surface area (Å²) in [7, 11) is 0. The minimum absolute atomic E-state index is 0.0378. The minimum Gasteiger partial charge on any atom is -0.493 e. The van der Waals surface area contributed by atoms with Gasteiger partial charge in [0.15, 0.2) is 0 Å². The molecule has 1 N–H and O–H groups in total. The molecule has 1 saturated heterocycles. The van der Waals surface area contributed by atoms with E-state index in [1.807, 2.05) is 18.2 Å². The fraction of sp³-hybridized carbons (Fsp3) is 0.480. The maximum absolute atomic E-state index is 13.5. The van der Waals surface area contributed by atoms with Gasteiger partial charge in [-0.3, -0.25) is 9.69 Å². The second kappa shape index (κ2) is 10.1. The van der Waals surface area contributed by atoms with E-state index >= 15 is 0 Å². The van der Waals surface area contributed by atoms with Gasteiger partial charge in [-0.25, -0.2) is 4.39 Å². The topological polar surface area (TPSA) is 41.6 Å². The average molecular weight is 411 g/mol. The second-order valence-electron chi connectivity index (χ2n) is 8.74. The maximum Gasteiger partial charge on any atom is 0.224 e. The van der Waals surface area contributed by atoms with Gasteiger partial charge >= 0.3 is 0 Å². The highest BCUT2D eigenvalue weighted by atomic mass is 19.1. The van der Waals surface area contributed by atoms with Gasteiger partial charge in [0.25, 0.3) is 0 Å². The lowest BCUT2D eigenvalue weighted by Gasteiger charge is -2.37.